The number of nitrogens with zero attached hydrogens (tertiary/aromatic N) is 2. The van der Waals surface area contributed by atoms with E-state index in [-0.39, 0.29) is 5.54 Å². The maximum atomic E-state index is 6.06. The molecule has 0 aromatic carbocycles. The van der Waals surface area contributed by atoms with Crippen molar-refractivity contribution in [3.63, 3.8) is 0 Å². The average molecular weight is 217 g/mol. The summed E-state index contributed by atoms with van der Waals surface area (Å²) in [5.41, 5.74) is 7.44. The highest BCUT2D eigenvalue weighted by atomic mass is 14.9. The first-order valence-corrected chi connectivity index (χ1v) is 6.35. The third kappa shape index (κ3) is 2.09. The van der Waals surface area contributed by atoms with Gasteiger partial charge in [0.25, 0.3) is 0 Å². The molecule has 0 atom stereocenters. The van der Waals surface area contributed by atoms with Crippen LogP contribution in [0, 0.1) is 0 Å². The summed E-state index contributed by atoms with van der Waals surface area (Å²) in [7, 11) is 0. The van der Waals surface area contributed by atoms with Crippen LogP contribution in [0.4, 0.5) is 0 Å². The first kappa shape index (κ1) is 10.2. The van der Waals surface area contributed by atoms with E-state index in [1.807, 2.05) is 12.4 Å². The molecule has 0 radical (unpaired) electrons. The molecule has 16 heavy (non-hydrogen) atoms. The summed E-state index contributed by atoms with van der Waals surface area (Å²) in [6, 6.07) is 0. The second kappa shape index (κ2) is 3.81. The van der Waals surface area contributed by atoms with Gasteiger partial charge < -0.3 is 5.73 Å². The second-order valence-corrected chi connectivity index (χ2v) is 5.44. The molecular weight excluding hydrogens is 198 g/mol. The number of aryl methyl sites for hydroxylation is 1. The van der Waals surface area contributed by atoms with Gasteiger partial charge in [0.2, 0.25) is 0 Å². The van der Waals surface area contributed by atoms with Crippen molar-refractivity contribution >= 4 is 0 Å². The van der Waals surface area contributed by atoms with Crippen molar-refractivity contribution in [3.8, 4) is 0 Å². The fourth-order valence-corrected chi connectivity index (χ4v) is 2.17. The summed E-state index contributed by atoms with van der Waals surface area (Å²) >= 11 is 0. The van der Waals surface area contributed by atoms with Crippen LogP contribution >= 0.6 is 0 Å². The van der Waals surface area contributed by atoms with Gasteiger partial charge in [-0.2, -0.15) is 0 Å². The van der Waals surface area contributed by atoms with Crippen LogP contribution < -0.4 is 5.73 Å². The van der Waals surface area contributed by atoms with E-state index < -0.39 is 0 Å². The number of rotatable bonds is 4. The van der Waals surface area contributed by atoms with Gasteiger partial charge in [0.15, 0.2) is 0 Å². The Morgan fingerprint density at radius 3 is 2.44 bits per heavy atom. The van der Waals surface area contributed by atoms with E-state index >= 15 is 0 Å². The highest BCUT2D eigenvalue weighted by Gasteiger charge is 2.37. The standard InChI is InChI=1S/C13H19N3/c14-13(6-7-13)5-4-10-8-15-12(16-9-10)11-2-1-3-11/h8-9,11H,1-7,14H2. The molecule has 86 valence electrons. The molecule has 2 aliphatic carbocycles. The van der Waals surface area contributed by atoms with Gasteiger partial charge in [0, 0.05) is 23.9 Å². The second-order valence-electron chi connectivity index (χ2n) is 5.44. The largest absolute Gasteiger partial charge is 0.325 e. The van der Waals surface area contributed by atoms with Crippen molar-refractivity contribution in [3.05, 3.63) is 23.8 Å². The molecule has 2 saturated carbocycles. The van der Waals surface area contributed by atoms with Crippen LogP contribution in [0.2, 0.25) is 0 Å². The Labute approximate surface area is 96.5 Å². The number of nitrogens with two attached hydrogens (primary N) is 1. The molecule has 3 heteroatoms. The van der Waals surface area contributed by atoms with Crippen LogP contribution in [0.1, 0.15) is 55.8 Å². The van der Waals surface area contributed by atoms with Gasteiger partial charge in [-0.05, 0) is 44.1 Å². The van der Waals surface area contributed by atoms with E-state index in [4.69, 9.17) is 5.73 Å². The molecule has 1 aromatic rings. The molecule has 1 heterocycles. The van der Waals surface area contributed by atoms with Crippen molar-refractivity contribution in [2.75, 3.05) is 0 Å². The zero-order chi connectivity index (χ0) is 11.0. The Morgan fingerprint density at radius 1 is 1.25 bits per heavy atom. The minimum absolute atomic E-state index is 0.145. The van der Waals surface area contributed by atoms with Gasteiger partial charge in [-0.25, -0.2) is 9.97 Å². The minimum Gasteiger partial charge on any atom is -0.325 e. The molecule has 1 aromatic heterocycles. The molecule has 3 nitrogen and oxygen atoms in total. The minimum atomic E-state index is 0.145. The predicted molar refractivity (Wildman–Crippen MR) is 63.1 cm³/mol. The number of aromatic nitrogens is 2. The Hall–Kier alpha value is -0.960. The molecule has 2 N–H and O–H groups in total. The summed E-state index contributed by atoms with van der Waals surface area (Å²) in [4.78, 5) is 8.94. The Kier molecular flexibility index (Phi) is 2.43. The summed E-state index contributed by atoms with van der Waals surface area (Å²) in [6.07, 6.45) is 12.4. The van der Waals surface area contributed by atoms with Gasteiger partial charge in [-0.1, -0.05) is 6.42 Å². The van der Waals surface area contributed by atoms with Gasteiger partial charge in [0.05, 0.1) is 0 Å². The molecule has 0 unspecified atom stereocenters. The first-order chi connectivity index (χ1) is 7.75. The Balaban J connectivity index is 1.58. The van der Waals surface area contributed by atoms with E-state index in [1.54, 1.807) is 0 Å². The number of hydrogen-bond donors (Lipinski definition) is 1. The number of hydrogen-bond acceptors (Lipinski definition) is 3. The van der Waals surface area contributed by atoms with Crippen LogP contribution in [0.25, 0.3) is 0 Å². The molecule has 3 rings (SSSR count). The van der Waals surface area contributed by atoms with E-state index in [1.165, 1.54) is 37.7 Å². The lowest BCUT2D eigenvalue weighted by atomic mass is 9.85. The van der Waals surface area contributed by atoms with Crippen molar-refractivity contribution in [2.45, 2.75) is 56.4 Å². The van der Waals surface area contributed by atoms with E-state index in [2.05, 4.69) is 9.97 Å². The average Bonchev–Trinajstić information content (AvgIpc) is 2.94. The van der Waals surface area contributed by atoms with Gasteiger partial charge in [-0.15, -0.1) is 0 Å². The normalized spacial score (nSPS) is 22.8. The summed E-state index contributed by atoms with van der Waals surface area (Å²) < 4.78 is 0. The third-order valence-electron chi connectivity index (χ3n) is 4.00. The van der Waals surface area contributed by atoms with Gasteiger partial charge >= 0.3 is 0 Å². The Bertz CT molecular complexity index is 363. The molecule has 2 fully saturated rings. The molecule has 0 saturated heterocycles. The van der Waals surface area contributed by atoms with Crippen LogP contribution in [-0.4, -0.2) is 15.5 Å². The molecule has 0 amide bonds. The monoisotopic (exact) mass is 217 g/mol. The Morgan fingerprint density at radius 2 is 1.94 bits per heavy atom. The topological polar surface area (TPSA) is 51.8 Å². The molecule has 2 aliphatic rings. The first-order valence-electron chi connectivity index (χ1n) is 6.35. The summed E-state index contributed by atoms with van der Waals surface area (Å²) in [5.74, 6) is 1.68. The predicted octanol–water partition coefficient (Wildman–Crippen LogP) is 2.17. The van der Waals surface area contributed by atoms with Gasteiger partial charge in [-0.3, -0.25) is 0 Å². The van der Waals surface area contributed by atoms with E-state index in [9.17, 15) is 0 Å². The zero-order valence-electron chi connectivity index (χ0n) is 9.65. The fraction of sp³-hybridized carbons (Fsp3) is 0.692. The summed E-state index contributed by atoms with van der Waals surface area (Å²) in [5, 5.41) is 0. The van der Waals surface area contributed by atoms with E-state index in [0.29, 0.717) is 5.92 Å². The highest BCUT2D eigenvalue weighted by Crippen LogP contribution is 2.37. The smallest absolute Gasteiger partial charge is 0.131 e. The zero-order valence-corrected chi connectivity index (χ0v) is 9.65. The van der Waals surface area contributed by atoms with Crippen LogP contribution in [-0.2, 0) is 6.42 Å². The van der Waals surface area contributed by atoms with E-state index in [0.717, 1.165) is 18.7 Å². The van der Waals surface area contributed by atoms with Crippen LogP contribution in [0.5, 0.6) is 0 Å². The quantitative estimate of drug-likeness (QED) is 0.841. The van der Waals surface area contributed by atoms with Crippen molar-refractivity contribution in [2.24, 2.45) is 5.73 Å². The van der Waals surface area contributed by atoms with Crippen LogP contribution in [0.3, 0.4) is 0 Å². The molecule has 0 bridgehead atoms. The SMILES string of the molecule is NC1(CCc2cnc(C3CCC3)nc2)CC1. The lowest BCUT2D eigenvalue weighted by Gasteiger charge is -2.23. The third-order valence-corrected chi connectivity index (χ3v) is 4.00. The van der Waals surface area contributed by atoms with Crippen molar-refractivity contribution < 1.29 is 0 Å². The van der Waals surface area contributed by atoms with Crippen LogP contribution in [0.15, 0.2) is 12.4 Å². The fourth-order valence-electron chi connectivity index (χ4n) is 2.17. The summed E-state index contributed by atoms with van der Waals surface area (Å²) in [6.45, 7) is 0. The molecule has 0 aliphatic heterocycles. The van der Waals surface area contributed by atoms with Gasteiger partial charge in [0.1, 0.15) is 5.82 Å². The van der Waals surface area contributed by atoms with Crippen molar-refractivity contribution in [1.82, 2.24) is 9.97 Å². The maximum Gasteiger partial charge on any atom is 0.131 e. The highest BCUT2D eigenvalue weighted by molar-refractivity contribution is 5.11. The molecule has 0 spiro atoms. The molecular formula is C13H19N3. The lowest BCUT2D eigenvalue weighted by Crippen LogP contribution is -2.22. The van der Waals surface area contributed by atoms with Crippen molar-refractivity contribution in [1.29, 1.82) is 0 Å². The lowest BCUT2D eigenvalue weighted by molar-refractivity contribution is 0.401. The maximum absolute atomic E-state index is 6.06.